The molecule has 2 atom stereocenters. The lowest BCUT2D eigenvalue weighted by Gasteiger charge is -2.17. The molecule has 1 heterocycles. The lowest BCUT2D eigenvalue weighted by molar-refractivity contribution is -0.123. The van der Waals surface area contributed by atoms with E-state index >= 15 is 0 Å². The van der Waals surface area contributed by atoms with E-state index in [0.29, 0.717) is 13.0 Å². The van der Waals surface area contributed by atoms with Crippen molar-refractivity contribution in [3.05, 3.63) is 35.8 Å². The average Bonchev–Trinajstić information content (AvgIpc) is 2.87. The molecule has 2 aromatic rings. The summed E-state index contributed by atoms with van der Waals surface area (Å²) in [5, 5.41) is 3.84. The molecule has 0 saturated carbocycles. The number of rotatable bonds is 6. The first-order valence-corrected chi connectivity index (χ1v) is 7.31. The van der Waals surface area contributed by atoms with Crippen LogP contribution in [0.2, 0.25) is 0 Å². The van der Waals surface area contributed by atoms with E-state index in [0.717, 1.165) is 22.9 Å². The Kier molecular flexibility index (Phi) is 4.96. The Labute approximate surface area is 123 Å². The second kappa shape index (κ2) is 6.72. The molecular formula is C16H22FN3O. The molecule has 2 rings (SSSR count). The van der Waals surface area contributed by atoms with Crippen LogP contribution < -0.4 is 11.1 Å². The first-order chi connectivity index (χ1) is 10.0. The van der Waals surface area contributed by atoms with Crippen molar-refractivity contribution in [2.75, 3.05) is 6.54 Å². The third-order valence-corrected chi connectivity index (χ3v) is 3.98. The number of fused-ring (bicyclic) bond motifs is 1. The van der Waals surface area contributed by atoms with Crippen LogP contribution in [-0.4, -0.2) is 23.5 Å². The Balaban J connectivity index is 1.92. The Bertz CT molecular complexity index is 623. The number of carbonyl (C=O) groups excluding carboxylic acids is 1. The zero-order valence-electron chi connectivity index (χ0n) is 12.4. The van der Waals surface area contributed by atoms with Gasteiger partial charge in [0.2, 0.25) is 5.91 Å². The van der Waals surface area contributed by atoms with E-state index in [1.165, 1.54) is 12.1 Å². The summed E-state index contributed by atoms with van der Waals surface area (Å²) in [6.07, 6.45) is 3.41. The number of amides is 1. The Morgan fingerprint density at radius 1 is 1.48 bits per heavy atom. The van der Waals surface area contributed by atoms with Crippen molar-refractivity contribution in [3.8, 4) is 0 Å². The number of carbonyl (C=O) groups is 1. The van der Waals surface area contributed by atoms with Crippen LogP contribution in [0.4, 0.5) is 4.39 Å². The Morgan fingerprint density at radius 3 is 2.95 bits per heavy atom. The van der Waals surface area contributed by atoms with Crippen LogP contribution in [0.1, 0.15) is 25.8 Å². The second-order valence-electron chi connectivity index (χ2n) is 5.46. The fourth-order valence-corrected chi connectivity index (χ4v) is 2.32. The van der Waals surface area contributed by atoms with Crippen molar-refractivity contribution in [1.29, 1.82) is 0 Å². The minimum atomic E-state index is -0.466. The van der Waals surface area contributed by atoms with Gasteiger partial charge in [0.25, 0.3) is 0 Å². The minimum absolute atomic E-state index is 0.116. The number of aromatic amines is 1. The molecule has 0 aliphatic rings. The molecule has 1 aromatic carbocycles. The molecule has 4 N–H and O–H groups in total. The number of aromatic nitrogens is 1. The van der Waals surface area contributed by atoms with Crippen molar-refractivity contribution >= 4 is 16.8 Å². The third-order valence-electron chi connectivity index (χ3n) is 3.98. The first kappa shape index (κ1) is 15.5. The van der Waals surface area contributed by atoms with E-state index < -0.39 is 6.04 Å². The van der Waals surface area contributed by atoms with Crippen LogP contribution in [0, 0.1) is 11.7 Å². The highest BCUT2D eigenvalue weighted by atomic mass is 19.1. The van der Waals surface area contributed by atoms with Crippen molar-refractivity contribution < 1.29 is 9.18 Å². The maximum Gasteiger partial charge on any atom is 0.237 e. The molecule has 0 bridgehead atoms. The van der Waals surface area contributed by atoms with Gasteiger partial charge in [-0.15, -0.1) is 0 Å². The third kappa shape index (κ3) is 3.61. The Morgan fingerprint density at radius 2 is 2.24 bits per heavy atom. The average molecular weight is 291 g/mol. The van der Waals surface area contributed by atoms with Gasteiger partial charge in [-0.2, -0.15) is 0 Å². The summed E-state index contributed by atoms with van der Waals surface area (Å²) in [7, 11) is 0. The van der Waals surface area contributed by atoms with E-state index in [4.69, 9.17) is 5.73 Å². The highest BCUT2D eigenvalue weighted by Crippen LogP contribution is 2.19. The normalized spacial score (nSPS) is 14.1. The lowest BCUT2D eigenvalue weighted by atomic mass is 9.99. The molecule has 0 spiro atoms. The summed E-state index contributed by atoms with van der Waals surface area (Å²) in [6.45, 7) is 4.51. The van der Waals surface area contributed by atoms with Crippen LogP contribution in [-0.2, 0) is 11.2 Å². The molecule has 1 amide bonds. The summed E-state index contributed by atoms with van der Waals surface area (Å²) in [6, 6.07) is 4.20. The van der Waals surface area contributed by atoms with Crippen LogP contribution in [0.5, 0.6) is 0 Å². The number of hydrogen-bond donors (Lipinski definition) is 3. The fourth-order valence-electron chi connectivity index (χ4n) is 2.32. The second-order valence-corrected chi connectivity index (χ2v) is 5.46. The molecule has 114 valence electrons. The predicted molar refractivity (Wildman–Crippen MR) is 82.4 cm³/mol. The smallest absolute Gasteiger partial charge is 0.237 e. The number of nitrogens with two attached hydrogens (primary N) is 1. The topological polar surface area (TPSA) is 70.9 Å². The molecule has 2 unspecified atom stereocenters. The number of halogens is 1. The van der Waals surface area contributed by atoms with Gasteiger partial charge in [0.05, 0.1) is 6.04 Å². The fraction of sp³-hybridized carbons (Fsp3) is 0.438. The molecule has 0 saturated heterocycles. The molecular weight excluding hydrogens is 269 g/mol. The molecule has 0 aliphatic carbocycles. The van der Waals surface area contributed by atoms with E-state index in [1.807, 2.05) is 20.0 Å². The molecule has 4 nitrogen and oxygen atoms in total. The zero-order chi connectivity index (χ0) is 15.4. The van der Waals surface area contributed by atoms with E-state index in [2.05, 4.69) is 10.3 Å². The highest BCUT2D eigenvalue weighted by Gasteiger charge is 2.18. The maximum absolute atomic E-state index is 13.1. The molecule has 0 radical (unpaired) electrons. The summed E-state index contributed by atoms with van der Waals surface area (Å²) in [5.41, 5.74) is 7.71. The molecule has 0 aliphatic heterocycles. The molecule has 1 aromatic heterocycles. The van der Waals surface area contributed by atoms with Gasteiger partial charge < -0.3 is 16.0 Å². The number of hydrogen-bond acceptors (Lipinski definition) is 2. The summed E-state index contributed by atoms with van der Waals surface area (Å²) in [5.74, 6) is -0.208. The van der Waals surface area contributed by atoms with Crippen LogP contribution in [0.3, 0.4) is 0 Å². The van der Waals surface area contributed by atoms with Gasteiger partial charge in [-0.3, -0.25) is 4.79 Å². The largest absolute Gasteiger partial charge is 0.361 e. The van der Waals surface area contributed by atoms with E-state index in [-0.39, 0.29) is 17.6 Å². The minimum Gasteiger partial charge on any atom is -0.361 e. The van der Waals surface area contributed by atoms with Gasteiger partial charge in [0.1, 0.15) is 5.82 Å². The highest BCUT2D eigenvalue weighted by molar-refractivity contribution is 5.84. The van der Waals surface area contributed by atoms with E-state index in [9.17, 15) is 9.18 Å². The monoisotopic (exact) mass is 291 g/mol. The van der Waals surface area contributed by atoms with Crippen molar-refractivity contribution in [3.63, 3.8) is 0 Å². The first-order valence-electron chi connectivity index (χ1n) is 7.31. The molecule has 5 heteroatoms. The van der Waals surface area contributed by atoms with E-state index in [1.54, 1.807) is 6.07 Å². The van der Waals surface area contributed by atoms with Gasteiger partial charge in [-0.05, 0) is 36.1 Å². The predicted octanol–water partition coefficient (Wildman–Crippen LogP) is 2.34. The van der Waals surface area contributed by atoms with Crippen LogP contribution >= 0.6 is 0 Å². The Hall–Kier alpha value is -1.88. The number of nitrogens with one attached hydrogen (secondary N) is 2. The molecule has 21 heavy (non-hydrogen) atoms. The van der Waals surface area contributed by atoms with Crippen molar-refractivity contribution in [1.82, 2.24) is 10.3 Å². The summed E-state index contributed by atoms with van der Waals surface area (Å²) >= 11 is 0. The van der Waals surface area contributed by atoms with Gasteiger partial charge in [0.15, 0.2) is 0 Å². The number of benzene rings is 1. The number of H-pyrrole nitrogens is 1. The van der Waals surface area contributed by atoms with Crippen LogP contribution in [0.25, 0.3) is 10.9 Å². The molecule has 0 fully saturated rings. The van der Waals surface area contributed by atoms with Gasteiger partial charge in [0, 0.05) is 23.6 Å². The van der Waals surface area contributed by atoms with Crippen LogP contribution in [0.15, 0.2) is 24.4 Å². The van der Waals surface area contributed by atoms with Gasteiger partial charge in [-0.1, -0.05) is 20.3 Å². The SMILES string of the molecule is CCC(C)C(N)C(=O)NCCc1c[nH]c2cc(F)ccc12. The standard InChI is InChI=1S/C16H22FN3O/c1-3-10(2)15(18)16(21)19-7-6-11-9-20-14-8-12(17)4-5-13(11)14/h4-5,8-10,15,20H,3,6-7,18H2,1-2H3,(H,19,21). The quantitative estimate of drug-likeness (QED) is 0.764. The summed E-state index contributed by atoms with van der Waals surface area (Å²) in [4.78, 5) is 14.9. The zero-order valence-corrected chi connectivity index (χ0v) is 12.4. The van der Waals surface area contributed by atoms with Gasteiger partial charge in [-0.25, -0.2) is 4.39 Å². The van der Waals surface area contributed by atoms with Crippen molar-refractivity contribution in [2.45, 2.75) is 32.7 Å². The lowest BCUT2D eigenvalue weighted by Crippen LogP contribution is -2.45. The summed E-state index contributed by atoms with van der Waals surface area (Å²) < 4.78 is 13.1. The van der Waals surface area contributed by atoms with Gasteiger partial charge >= 0.3 is 0 Å². The maximum atomic E-state index is 13.1. The van der Waals surface area contributed by atoms with Crippen molar-refractivity contribution in [2.24, 2.45) is 11.7 Å².